The number of aromatic nitrogens is 3. The number of ether oxygens (including phenoxy) is 1. The van der Waals surface area contributed by atoms with Gasteiger partial charge in [0.1, 0.15) is 6.10 Å². The van der Waals surface area contributed by atoms with Crippen molar-refractivity contribution < 1.29 is 4.74 Å². The summed E-state index contributed by atoms with van der Waals surface area (Å²) in [6.07, 6.45) is 7.81. The second-order valence-electron chi connectivity index (χ2n) is 7.11. The van der Waals surface area contributed by atoms with Crippen LogP contribution in [-0.2, 0) is 0 Å². The summed E-state index contributed by atoms with van der Waals surface area (Å²) in [5.41, 5.74) is 2.15. The molecule has 0 unspecified atom stereocenters. The summed E-state index contributed by atoms with van der Waals surface area (Å²) in [4.78, 5) is 7.43. The van der Waals surface area contributed by atoms with Crippen LogP contribution in [0.15, 0.2) is 12.4 Å². The predicted octanol–water partition coefficient (Wildman–Crippen LogP) is 3.38. The molecule has 0 radical (unpaired) electrons. The standard InChI is InChI=1S/C17H24N4O/c1-10(2)12-8-18-20-9-15-17(19-16(12)20)21(11(3)4)13-6-5-7-14(13)22-15/h8-11,13-14H,5-7H2,1-4H3/t13-,14+/m0/s1. The van der Waals surface area contributed by atoms with Crippen molar-refractivity contribution in [3.05, 3.63) is 18.0 Å². The fourth-order valence-electron chi connectivity index (χ4n) is 3.89. The maximum atomic E-state index is 6.25. The van der Waals surface area contributed by atoms with E-state index in [0.29, 0.717) is 24.1 Å². The molecule has 0 aromatic carbocycles. The Balaban J connectivity index is 1.90. The highest BCUT2D eigenvalue weighted by molar-refractivity contribution is 5.62. The molecule has 5 nitrogen and oxygen atoms in total. The van der Waals surface area contributed by atoms with Crippen molar-refractivity contribution >= 4 is 11.5 Å². The van der Waals surface area contributed by atoms with Crippen LogP contribution in [-0.4, -0.2) is 32.8 Å². The molecule has 2 aromatic heterocycles. The molecule has 1 fully saturated rings. The van der Waals surface area contributed by atoms with E-state index in [0.717, 1.165) is 23.6 Å². The summed E-state index contributed by atoms with van der Waals surface area (Å²) in [6.45, 7) is 8.86. The second kappa shape index (κ2) is 4.86. The Labute approximate surface area is 131 Å². The molecule has 4 rings (SSSR count). The molecule has 2 aliphatic rings. The van der Waals surface area contributed by atoms with Crippen molar-refractivity contribution in [1.82, 2.24) is 14.6 Å². The summed E-state index contributed by atoms with van der Waals surface area (Å²) in [5, 5.41) is 4.46. The molecule has 5 heteroatoms. The highest BCUT2D eigenvalue weighted by atomic mass is 16.5. The Morgan fingerprint density at radius 1 is 1.23 bits per heavy atom. The predicted molar refractivity (Wildman–Crippen MR) is 86.7 cm³/mol. The Bertz CT molecular complexity index is 706. The number of fused-ring (bicyclic) bond motifs is 3. The fourth-order valence-corrected chi connectivity index (χ4v) is 3.89. The zero-order chi connectivity index (χ0) is 15.4. The van der Waals surface area contributed by atoms with E-state index in [1.165, 1.54) is 18.4 Å². The average molecular weight is 300 g/mol. The smallest absolute Gasteiger partial charge is 0.180 e. The van der Waals surface area contributed by atoms with Crippen LogP contribution < -0.4 is 9.64 Å². The van der Waals surface area contributed by atoms with Crippen LogP contribution in [0.5, 0.6) is 5.75 Å². The largest absolute Gasteiger partial charge is 0.483 e. The van der Waals surface area contributed by atoms with Crippen LogP contribution in [0, 0.1) is 0 Å². The minimum atomic E-state index is 0.300. The van der Waals surface area contributed by atoms with Crippen LogP contribution in [0.25, 0.3) is 5.65 Å². The quantitative estimate of drug-likeness (QED) is 0.852. The minimum Gasteiger partial charge on any atom is -0.483 e. The normalized spacial score (nSPS) is 24.0. The summed E-state index contributed by atoms with van der Waals surface area (Å²) < 4.78 is 8.11. The number of hydrogen-bond donors (Lipinski definition) is 0. The molecule has 0 bridgehead atoms. The first-order valence-corrected chi connectivity index (χ1v) is 8.39. The minimum absolute atomic E-state index is 0.300. The van der Waals surface area contributed by atoms with Crippen LogP contribution >= 0.6 is 0 Å². The zero-order valence-corrected chi connectivity index (χ0v) is 13.8. The van der Waals surface area contributed by atoms with Gasteiger partial charge in [0.05, 0.1) is 18.4 Å². The topological polar surface area (TPSA) is 42.7 Å². The van der Waals surface area contributed by atoms with Gasteiger partial charge >= 0.3 is 0 Å². The van der Waals surface area contributed by atoms with Gasteiger partial charge in [0.15, 0.2) is 17.2 Å². The molecule has 118 valence electrons. The van der Waals surface area contributed by atoms with Crippen molar-refractivity contribution in [1.29, 1.82) is 0 Å². The lowest BCUT2D eigenvalue weighted by Gasteiger charge is -2.42. The van der Waals surface area contributed by atoms with E-state index in [1.54, 1.807) is 0 Å². The molecular formula is C17H24N4O. The second-order valence-corrected chi connectivity index (χ2v) is 7.11. The van der Waals surface area contributed by atoms with Gasteiger partial charge in [-0.25, -0.2) is 9.50 Å². The van der Waals surface area contributed by atoms with E-state index in [4.69, 9.17) is 9.72 Å². The molecule has 0 amide bonds. The molecule has 0 spiro atoms. The third-order valence-corrected chi connectivity index (χ3v) is 4.94. The Morgan fingerprint density at radius 2 is 2.05 bits per heavy atom. The van der Waals surface area contributed by atoms with Gasteiger partial charge < -0.3 is 9.64 Å². The van der Waals surface area contributed by atoms with Gasteiger partial charge in [-0.05, 0) is 39.0 Å². The van der Waals surface area contributed by atoms with Crippen LogP contribution in [0.1, 0.15) is 58.4 Å². The molecule has 3 heterocycles. The number of anilines is 1. The Kier molecular flexibility index (Phi) is 3.06. The van der Waals surface area contributed by atoms with E-state index in [2.05, 4.69) is 37.7 Å². The van der Waals surface area contributed by atoms with Crippen molar-refractivity contribution in [3.63, 3.8) is 0 Å². The molecule has 22 heavy (non-hydrogen) atoms. The van der Waals surface area contributed by atoms with Crippen LogP contribution in [0.4, 0.5) is 5.82 Å². The van der Waals surface area contributed by atoms with Gasteiger partial charge in [0, 0.05) is 11.6 Å². The van der Waals surface area contributed by atoms with Crippen molar-refractivity contribution in [2.45, 2.75) is 71.1 Å². The van der Waals surface area contributed by atoms with Crippen LogP contribution in [0.2, 0.25) is 0 Å². The van der Waals surface area contributed by atoms with E-state index >= 15 is 0 Å². The molecule has 0 N–H and O–H groups in total. The van der Waals surface area contributed by atoms with Gasteiger partial charge in [-0.3, -0.25) is 0 Å². The van der Waals surface area contributed by atoms with Crippen LogP contribution in [0.3, 0.4) is 0 Å². The van der Waals surface area contributed by atoms with E-state index in [9.17, 15) is 0 Å². The third-order valence-electron chi connectivity index (χ3n) is 4.94. The first kappa shape index (κ1) is 13.9. The number of rotatable bonds is 2. The average Bonchev–Trinajstić information content (AvgIpc) is 3.07. The van der Waals surface area contributed by atoms with Gasteiger partial charge in [0.25, 0.3) is 0 Å². The maximum Gasteiger partial charge on any atom is 0.180 e. The van der Waals surface area contributed by atoms with E-state index in [-0.39, 0.29) is 0 Å². The molecule has 2 atom stereocenters. The molecule has 1 aliphatic heterocycles. The van der Waals surface area contributed by atoms with E-state index < -0.39 is 0 Å². The SMILES string of the molecule is CC(C)c1cnn2cc3c(nc12)N(C(C)C)[C@H]1CCC[C@H]1O3. The fraction of sp³-hybridized carbons (Fsp3) is 0.647. The summed E-state index contributed by atoms with van der Waals surface area (Å²) in [7, 11) is 0. The highest BCUT2D eigenvalue weighted by Gasteiger charge is 2.41. The van der Waals surface area contributed by atoms with Crippen molar-refractivity contribution in [2.24, 2.45) is 0 Å². The van der Waals surface area contributed by atoms with Crippen molar-refractivity contribution in [2.75, 3.05) is 4.90 Å². The lowest BCUT2D eigenvalue weighted by Crippen LogP contribution is -2.50. The number of hydrogen-bond acceptors (Lipinski definition) is 4. The highest BCUT2D eigenvalue weighted by Crippen LogP contribution is 2.42. The third kappa shape index (κ3) is 1.91. The monoisotopic (exact) mass is 300 g/mol. The lowest BCUT2D eigenvalue weighted by atomic mass is 10.1. The summed E-state index contributed by atoms with van der Waals surface area (Å²) >= 11 is 0. The van der Waals surface area contributed by atoms with Gasteiger partial charge in [0.2, 0.25) is 0 Å². The number of nitrogens with zero attached hydrogens (tertiary/aromatic N) is 4. The lowest BCUT2D eigenvalue weighted by molar-refractivity contribution is 0.165. The molecule has 2 aromatic rings. The molecule has 0 saturated heterocycles. The van der Waals surface area contributed by atoms with Crippen molar-refractivity contribution in [3.8, 4) is 5.75 Å². The molecular weight excluding hydrogens is 276 g/mol. The zero-order valence-electron chi connectivity index (χ0n) is 13.8. The first-order chi connectivity index (χ1) is 10.6. The summed E-state index contributed by atoms with van der Waals surface area (Å²) in [6, 6.07) is 0.890. The van der Waals surface area contributed by atoms with E-state index in [1.807, 2.05) is 16.9 Å². The summed E-state index contributed by atoms with van der Waals surface area (Å²) in [5.74, 6) is 2.29. The Hall–Kier alpha value is -1.78. The van der Waals surface area contributed by atoms with Gasteiger partial charge in [-0.15, -0.1) is 0 Å². The first-order valence-electron chi connectivity index (χ1n) is 8.39. The maximum absolute atomic E-state index is 6.25. The van der Waals surface area contributed by atoms with Gasteiger partial charge in [-0.2, -0.15) is 5.10 Å². The van der Waals surface area contributed by atoms with Gasteiger partial charge in [-0.1, -0.05) is 13.8 Å². The molecule has 1 saturated carbocycles. The Morgan fingerprint density at radius 3 is 2.77 bits per heavy atom. The molecule has 1 aliphatic carbocycles.